The zero-order chi connectivity index (χ0) is 14.6. The lowest BCUT2D eigenvalue weighted by Gasteiger charge is -2.04. The molecule has 2 heterocycles. The summed E-state index contributed by atoms with van der Waals surface area (Å²) in [6, 6.07) is 2.92. The van der Waals surface area contributed by atoms with E-state index >= 15 is 0 Å². The second kappa shape index (κ2) is 4.38. The van der Waals surface area contributed by atoms with E-state index in [2.05, 4.69) is 10.1 Å². The van der Waals surface area contributed by atoms with Gasteiger partial charge in [0.25, 0.3) is 0 Å². The SMILES string of the molecule is CCOC(=O)c1nn(-c2ccc(F)cn2)c2c1C[C@H]1C[C@@H]21. The van der Waals surface area contributed by atoms with Crippen molar-refractivity contribution in [1.82, 2.24) is 14.8 Å². The summed E-state index contributed by atoms with van der Waals surface area (Å²) in [4.78, 5) is 16.1. The summed E-state index contributed by atoms with van der Waals surface area (Å²) in [5, 5.41) is 4.38. The van der Waals surface area contributed by atoms with Gasteiger partial charge < -0.3 is 4.74 Å². The number of aromatic nitrogens is 3. The third kappa shape index (κ3) is 1.86. The summed E-state index contributed by atoms with van der Waals surface area (Å²) < 4.78 is 19.8. The highest BCUT2D eigenvalue weighted by Crippen LogP contribution is 2.57. The van der Waals surface area contributed by atoms with Gasteiger partial charge in [0.05, 0.1) is 18.5 Å². The average molecular weight is 287 g/mol. The fourth-order valence-electron chi connectivity index (χ4n) is 3.15. The van der Waals surface area contributed by atoms with E-state index in [0.717, 1.165) is 30.3 Å². The number of hydrogen-bond acceptors (Lipinski definition) is 4. The molecule has 2 aromatic heterocycles. The van der Waals surface area contributed by atoms with Gasteiger partial charge in [0, 0.05) is 11.5 Å². The second-order valence-corrected chi connectivity index (χ2v) is 5.49. The van der Waals surface area contributed by atoms with Gasteiger partial charge in [-0.25, -0.2) is 18.9 Å². The molecule has 1 fully saturated rings. The molecular formula is C15H14FN3O2. The van der Waals surface area contributed by atoms with E-state index in [9.17, 15) is 9.18 Å². The van der Waals surface area contributed by atoms with Crippen molar-refractivity contribution >= 4 is 5.97 Å². The van der Waals surface area contributed by atoms with Crippen LogP contribution in [0.2, 0.25) is 0 Å². The molecule has 0 aromatic carbocycles. The van der Waals surface area contributed by atoms with Gasteiger partial charge in [-0.05, 0) is 37.8 Å². The largest absolute Gasteiger partial charge is 0.461 e. The molecular weight excluding hydrogens is 273 g/mol. The van der Waals surface area contributed by atoms with E-state index in [0.29, 0.717) is 30.0 Å². The molecule has 2 aromatic rings. The maximum atomic E-state index is 13.0. The predicted octanol–water partition coefficient (Wildman–Crippen LogP) is 2.24. The van der Waals surface area contributed by atoms with Crippen LogP contribution in [0.5, 0.6) is 0 Å². The van der Waals surface area contributed by atoms with E-state index in [1.165, 1.54) is 6.07 Å². The van der Waals surface area contributed by atoms with E-state index in [-0.39, 0.29) is 0 Å². The van der Waals surface area contributed by atoms with Crippen molar-refractivity contribution in [2.75, 3.05) is 6.61 Å². The first-order valence-corrected chi connectivity index (χ1v) is 7.10. The predicted molar refractivity (Wildman–Crippen MR) is 71.8 cm³/mol. The minimum Gasteiger partial charge on any atom is -0.461 e. The Kier molecular flexibility index (Phi) is 2.60. The lowest BCUT2D eigenvalue weighted by molar-refractivity contribution is 0.0517. The highest BCUT2D eigenvalue weighted by Gasteiger charge is 2.50. The maximum Gasteiger partial charge on any atom is 0.359 e. The van der Waals surface area contributed by atoms with Gasteiger partial charge in [-0.15, -0.1) is 0 Å². The highest BCUT2D eigenvalue weighted by atomic mass is 19.1. The lowest BCUT2D eigenvalue weighted by atomic mass is 10.1. The Morgan fingerprint density at radius 3 is 3.10 bits per heavy atom. The first kappa shape index (κ1) is 12.5. The van der Waals surface area contributed by atoms with Gasteiger partial charge in [0.1, 0.15) is 5.82 Å². The summed E-state index contributed by atoms with van der Waals surface area (Å²) in [6.45, 7) is 2.09. The van der Waals surface area contributed by atoms with Crippen LogP contribution in [0, 0.1) is 11.7 Å². The van der Waals surface area contributed by atoms with Gasteiger partial charge in [-0.1, -0.05) is 0 Å². The van der Waals surface area contributed by atoms with Crippen LogP contribution in [0.15, 0.2) is 18.3 Å². The number of nitrogens with zero attached hydrogens (tertiary/aromatic N) is 3. The molecule has 5 nitrogen and oxygen atoms in total. The van der Waals surface area contributed by atoms with Crippen LogP contribution in [0.4, 0.5) is 4.39 Å². The summed E-state index contributed by atoms with van der Waals surface area (Å²) in [6.07, 6.45) is 3.16. The normalized spacial score (nSPS) is 21.8. The van der Waals surface area contributed by atoms with E-state index < -0.39 is 11.8 Å². The van der Waals surface area contributed by atoms with E-state index in [1.54, 1.807) is 17.7 Å². The Labute approximate surface area is 120 Å². The van der Waals surface area contributed by atoms with E-state index in [4.69, 9.17) is 4.74 Å². The minimum atomic E-state index is -0.393. The molecule has 21 heavy (non-hydrogen) atoms. The summed E-state index contributed by atoms with van der Waals surface area (Å²) in [5.74, 6) is 0.810. The molecule has 0 aliphatic heterocycles. The number of hydrogen-bond donors (Lipinski definition) is 0. The van der Waals surface area contributed by atoms with Gasteiger partial charge >= 0.3 is 5.97 Å². The molecule has 2 aliphatic rings. The molecule has 0 saturated heterocycles. The van der Waals surface area contributed by atoms with Crippen LogP contribution >= 0.6 is 0 Å². The fourth-order valence-corrected chi connectivity index (χ4v) is 3.15. The van der Waals surface area contributed by atoms with Crippen molar-refractivity contribution in [2.24, 2.45) is 5.92 Å². The Balaban J connectivity index is 1.82. The first-order chi connectivity index (χ1) is 10.2. The monoisotopic (exact) mass is 287 g/mol. The number of ether oxygens (including phenoxy) is 1. The van der Waals surface area contributed by atoms with Gasteiger partial charge in [0.2, 0.25) is 0 Å². The number of pyridine rings is 1. The Morgan fingerprint density at radius 1 is 1.52 bits per heavy atom. The van der Waals surface area contributed by atoms with E-state index in [1.807, 2.05) is 0 Å². The van der Waals surface area contributed by atoms with Gasteiger partial charge in [-0.2, -0.15) is 5.10 Å². The number of esters is 1. The highest BCUT2D eigenvalue weighted by molar-refractivity contribution is 5.90. The van der Waals surface area contributed by atoms with Crippen LogP contribution in [-0.2, 0) is 11.2 Å². The van der Waals surface area contributed by atoms with Crippen molar-refractivity contribution in [2.45, 2.75) is 25.7 Å². The van der Waals surface area contributed by atoms with Crippen molar-refractivity contribution in [1.29, 1.82) is 0 Å². The van der Waals surface area contributed by atoms with Crippen LogP contribution in [0.25, 0.3) is 5.82 Å². The van der Waals surface area contributed by atoms with Crippen molar-refractivity contribution in [3.63, 3.8) is 0 Å². The molecule has 0 spiro atoms. The van der Waals surface area contributed by atoms with Crippen LogP contribution in [0.3, 0.4) is 0 Å². The first-order valence-electron chi connectivity index (χ1n) is 7.10. The molecule has 0 amide bonds. The number of halogens is 1. The van der Waals surface area contributed by atoms with Crippen molar-refractivity contribution in [3.8, 4) is 5.82 Å². The average Bonchev–Trinajstić information content (AvgIpc) is 2.98. The molecule has 6 heteroatoms. The van der Waals surface area contributed by atoms with Crippen LogP contribution in [-0.4, -0.2) is 27.3 Å². The molecule has 108 valence electrons. The zero-order valence-corrected chi connectivity index (χ0v) is 11.5. The molecule has 0 unspecified atom stereocenters. The molecule has 0 N–H and O–H groups in total. The number of fused-ring (bicyclic) bond motifs is 3. The smallest absolute Gasteiger partial charge is 0.359 e. The molecule has 0 radical (unpaired) electrons. The third-order valence-electron chi connectivity index (χ3n) is 4.16. The Morgan fingerprint density at radius 2 is 2.38 bits per heavy atom. The van der Waals surface area contributed by atoms with Crippen molar-refractivity contribution < 1.29 is 13.9 Å². The van der Waals surface area contributed by atoms with Crippen LogP contribution < -0.4 is 0 Å². The lowest BCUT2D eigenvalue weighted by Crippen LogP contribution is -2.09. The number of carbonyl (C=O) groups is 1. The minimum absolute atomic E-state index is 0.322. The quantitative estimate of drug-likeness (QED) is 0.812. The molecule has 2 aliphatic carbocycles. The summed E-state index contributed by atoms with van der Waals surface area (Å²) in [7, 11) is 0. The molecule has 4 rings (SSSR count). The fraction of sp³-hybridized carbons (Fsp3) is 0.400. The molecule has 1 saturated carbocycles. The number of rotatable bonds is 3. The van der Waals surface area contributed by atoms with Crippen LogP contribution in [0.1, 0.15) is 41.0 Å². The van der Waals surface area contributed by atoms with Gasteiger partial charge in [-0.3, -0.25) is 0 Å². The summed E-state index contributed by atoms with van der Waals surface area (Å²) in [5.41, 5.74) is 2.40. The molecule has 2 atom stereocenters. The van der Waals surface area contributed by atoms with Crippen molar-refractivity contribution in [3.05, 3.63) is 41.1 Å². The zero-order valence-electron chi connectivity index (χ0n) is 11.5. The Bertz CT molecular complexity index is 723. The second-order valence-electron chi connectivity index (χ2n) is 5.49. The standard InChI is InChI=1S/C15H14FN3O2/c1-2-21-15(20)13-11-6-8-5-10(8)14(11)19(18-13)12-4-3-9(16)7-17-12/h3-4,7-8,10H,2,5-6H2,1H3/t8-,10-/m1/s1. The van der Waals surface area contributed by atoms with Gasteiger partial charge in [0.15, 0.2) is 11.5 Å². The Hall–Kier alpha value is -2.24. The maximum absolute atomic E-state index is 13.0. The summed E-state index contributed by atoms with van der Waals surface area (Å²) >= 11 is 0. The number of carbonyl (C=O) groups excluding carboxylic acids is 1. The topological polar surface area (TPSA) is 57.0 Å². The molecule has 0 bridgehead atoms. The third-order valence-corrected chi connectivity index (χ3v) is 4.16.